The molecular formula is C13H18ClIN2. The maximum Gasteiger partial charge on any atom is 0.146 e. The summed E-state index contributed by atoms with van der Waals surface area (Å²) < 4.78 is 0.985. The van der Waals surface area contributed by atoms with Crippen molar-refractivity contribution in [2.45, 2.75) is 52.4 Å². The van der Waals surface area contributed by atoms with Gasteiger partial charge in [-0.25, -0.2) is 9.97 Å². The summed E-state index contributed by atoms with van der Waals surface area (Å²) >= 11 is 8.47. The van der Waals surface area contributed by atoms with Crippen LogP contribution in [-0.4, -0.2) is 9.97 Å². The highest BCUT2D eigenvalue weighted by Gasteiger charge is 2.49. The molecule has 1 fully saturated rings. The summed E-state index contributed by atoms with van der Waals surface area (Å²) in [5.41, 5.74) is 1.41. The summed E-state index contributed by atoms with van der Waals surface area (Å²) in [6.07, 6.45) is 1.16. The van der Waals surface area contributed by atoms with E-state index >= 15 is 0 Å². The largest absolute Gasteiger partial charge is 0.236 e. The monoisotopic (exact) mass is 364 g/mol. The molecule has 1 atom stereocenters. The van der Waals surface area contributed by atoms with Crippen molar-refractivity contribution in [3.63, 3.8) is 0 Å². The van der Waals surface area contributed by atoms with Crippen LogP contribution in [-0.2, 0) is 5.41 Å². The number of nitrogens with zero attached hydrogens (tertiary/aromatic N) is 2. The van der Waals surface area contributed by atoms with Crippen molar-refractivity contribution < 1.29 is 0 Å². The van der Waals surface area contributed by atoms with E-state index < -0.39 is 0 Å². The van der Waals surface area contributed by atoms with Crippen LogP contribution in [0.2, 0.25) is 5.15 Å². The third kappa shape index (κ3) is 2.60. The van der Waals surface area contributed by atoms with Gasteiger partial charge in [0.1, 0.15) is 11.0 Å². The maximum absolute atomic E-state index is 6.23. The second-order valence-corrected chi connectivity index (χ2v) is 7.97. The highest BCUT2D eigenvalue weighted by atomic mass is 127. The lowest BCUT2D eigenvalue weighted by Gasteiger charge is -2.20. The van der Waals surface area contributed by atoms with Crippen molar-refractivity contribution >= 4 is 34.2 Å². The van der Waals surface area contributed by atoms with Crippen LogP contribution in [0.15, 0.2) is 0 Å². The minimum Gasteiger partial charge on any atom is -0.236 e. The van der Waals surface area contributed by atoms with Gasteiger partial charge in [0.05, 0.1) is 9.26 Å². The van der Waals surface area contributed by atoms with Crippen LogP contribution in [0.5, 0.6) is 0 Å². The van der Waals surface area contributed by atoms with Crippen LogP contribution in [0.25, 0.3) is 0 Å². The van der Waals surface area contributed by atoms with Gasteiger partial charge in [0, 0.05) is 11.3 Å². The van der Waals surface area contributed by atoms with E-state index in [-0.39, 0.29) is 5.41 Å². The number of rotatable bonds is 1. The number of hydrogen-bond donors (Lipinski definition) is 0. The molecule has 17 heavy (non-hydrogen) atoms. The quantitative estimate of drug-likeness (QED) is 0.540. The fraction of sp³-hybridized carbons (Fsp3) is 0.692. The Hall–Kier alpha value is 0.100. The van der Waals surface area contributed by atoms with E-state index in [1.54, 1.807) is 0 Å². The second-order valence-electron chi connectivity index (χ2n) is 6.53. The lowest BCUT2D eigenvalue weighted by atomic mass is 9.92. The van der Waals surface area contributed by atoms with Crippen molar-refractivity contribution in [2.75, 3.05) is 0 Å². The van der Waals surface area contributed by atoms with Gasteiger partial charge in [-0.3, -0.25) is 0 Å². The molecule has 0 aliphatic heterocycles. The van der Waals surface area contributed by atoms with E-state index in [9.17, 15) is 0 Å². The molecule has 1 aliphatic rings. The SMILES string of the molecule is CC(C)(C)c1nc(C2CC2(C)C)nc(Cl)c1I. The molecule has 0 radical (unpaired) electrons. The van der Waals surface area contributed by atoms with Crippen molar-refractivity contribution in [3.8, 4) is 0 Å². The van der Waals surface area contributed by atoms with E-state index in [4.69, 9.17) is 16.6 Å². The Labute approximate surface area is 122 Å². The van der Waals surface area contributed by atoms with Crippen molar-refractivity contribution in [3.05, 3.63) is 20.2 Å². The van der Waals surface area contributed by atoms with Crippen LogP contribution < -0.4 is 0 Å². The first kappa shape index (κ1) is 13.5. The Bertz CT molecular complexity index is 463. The molecule has 4 heteroatoms. The Morgan fingerprint density at radius 3 is 2.24 bits per heavy atom. The number of aromatic nitrogens is 2. The van der Waals surface area contributed by atoms with E-state index in [0.717, 1.165) is 21.5 Å². The average molecular weight is 365 g/mol. The van der Waals surface area contributed by atoms with Gasteiger partial charge in [0.2, 0.25) is 0 Å². The fourth-order valence-corrected chi connectivity index (χ4v) is 3.22. The fourth-order valence-electron chi connectivity index (χ4n) is 2.00. The van der Waals surface area contributed by atoms with Gasteiger partial charge in [0.25, 0.3) is 0 Å². The molecule has 1 heterocycles. The van der Waals surface area contributed by atoms with Crippen molar-refractivity contribution in [2.24, 2.45) is 5.41 Å². The van der Waals surface area contributed by atoms with Crippen LogP contribution in [0.3, 0.4) is 0 Å². The highest BCUT2D eigenvalue weighted by molar-refractivity contribution is 14.1. The zero-order valence-corrected chi connectivity index (χ0v) is 13.8. The first-order chi connectivity index (χ1) is 7.63. The van der Waals surface area contributed by atoms with Crippen molar-refractivity contribution in [1.82, 2.24) is 9.97 Å². The summed E-state index contributed by atoms with van der Waals surface area (Å²) in [6, 6.07) is 0. The first-order valence-corrected chi connectivity index (χ1v) is 7.32. The molecule has 0 N–H and O–H groups in total. The molecular weight excluding hydrogens is 347 g/mol. The minimum absolute atomic E-state index is 0.0108. The standard InChI is InChI=1S/C13H18ClIN2/c1-12(2,3)9-8(15)10(14)17-11(16-9)7-6-13(7,4)5/h7H,6H2,1-5H3. The molecule has 2 nitrogen and oxygen atoms in total. The predicted octanol–water partition coefficient (Wildman–Crippen LogP) is 4.55. The Morgan fingerprint density at radius 2 is 1.82 bits per heavy atom. The van der Waals surface area contributed by atoms with Gasteiger partial charge in [-0.15, -0.1) is 0 Å². The molecule has 1 aromatic rings. The van der Waals surface area contributed by atoms with Gasteiger partial charge >= 0.3 is 0 Å². The van der Waals surface area contributed by atoms with E-state index in [1.807, 2.05) is 0 Å². The van der Waals surface area contributed by atoms with E-state index in [2.05, 4.69) is 62.2 Å². The summed E-state index contributed by atoms with van der Waals surface area (Å²) in [4.78, 5) is 9.21. The molecule has 0 bridgehead atoms. The molecule has 0 aromatic carbocycles. The zero-order chi connectivity index (χ0) is 13.0. The topological polar surface area (TPSA) is 25.8 Å². The molecule has 1 aliphatic carbocycles. The van der Waals surface area contributed by atoms with E-state index in [1.165, 1.54) is 0 Å². The summed E-state index contributed by atoms with van der Waals surface area (Å²) in [6.45, 7) is 11.0. The first-order valence-electron chi connectivity index (χ1n) is 5.86. The molecule has 1 saturated carbocycles. The Kier molecular flexibility index (Phi) is 3.22. The third-order valence-corrected chi connectivity index (χ3v) is 4.98. The minimum atomic E-state index is 0.0108. The Balaban J connectivity index is 2.48. The zero-order valence-electron chi connectivity index (χ0n) is 10.9. The molecule has 0 saturated heterocycles. The summed E-state index contributed by atoms with van der Waals surface area (Å²) in [5.74, 6) is 1.39. The molecule has 1 unspecified atom stereocenters. The highest BCUT2D eigenvalue weighted by Crippen LogP contribution is 2.57. The van der Waals surface area contributed by atoms with Gasteiger partial charge in [-0.2, -0.15) is 0 Å². The lowest BCUT2D eigenvalue weighted by molar-refractivity contribution is 0.549. The lowest BCUT2D eigenvalue weighted by Crippen LogP contribution is -2.18. The van der Waals surface area contributed by atoms with Gasteiger partial charge in [0.15, 0.2) is 0 Å². The third-order valence-electron chi connectivity index (χ3n) is 3.36. The maximum atomic E-state index is 6.23. The molecule has 94 valence electrons. The molecule has 2 rings (SSSR count). The predicted molar refractivity (Wildman–Crippen MR) is 79.6 cm³/mol. The number of halogens is 2. The second kappa shape index (κ2) is 4.05. The number of hydrogen-bond acceptors (Lipinski definition) is 2. The van der Waals surface area contributed by atoms with Gasteiger partial charge < -0.3 is 0 Å². The van der Waals surface area contributed by atoms with E-state index in [0.29, 0.717) is 16.5 Å². The molecule has 0 spiro atoms. The van der Waals surface area contributed by atoms with Gasteiger partial charge in [-0.1, -0.05) is 46.2 Å². The van der Waals surface area contributed by atoms with Crippen LogP contribution in [0.4, 0.5) is 0 Å². The van der Waals surface area contributed by atoms with Gasteiger partial charge in [-0.05, 0) is 34.4 Å². The van der Waals surface area contributed by atoms with Crippen LogP contribution in [0.1, 0.15) is 58.5 Å². The normalized spacial score (nSPS) is 22.6. The van der Waals surface area contributed by atoms with Crippen molar-refractivity contribution in [1.29, 1.82) is 0 Å². The summed E-state index contributed by atoms with van der Waals surface area (Å²) in [7, 11) is 0. The summed E-state index contributed by atoms with van der Waals surface area (Å²) in [5, 5.41) is 0.600. The molecule has 1 aromatic heterocycles. The smallest absolute Gasteiger partial charge is 0.146 e. The van der Waals surface area contributed by atoms with Crippen LogP contribution in [0, 0.1) is 8.99 Å². The Morgan fingerprint density at radius 1 is 1.29 bits per heavy atom. The van der Waals surface area contributed by atoms with Crippen LogP contribution >= 0.6 is 34.2 Å². The average Bonchev–Trinajstić information content (AvgIpc) is 2.78. The molecule has 0 amide bonds.